The Balaban J connectivity index is 2.44. The van der Waals surface area contributed by atoms with Gasteiger partial charge in [0.25, 0.3) is 0 Å². The van der Waals surface area contributed by atoms with Crippen molar-refractivity contribution in [1.82, 2.24) is 0 Å². The van der Waals surface area contributed by atoms with E-state index in [-0.39, 0.29) is 15.7 Å². The molecule has 21 heavy (non-hydrogen) atoms. The van der Waals surface area contributed by atoms with Gasteiger partial charge in [0.15, 0.2) is 5.78 Å². The van der Waals surface area contributed by atoms with Crippen LogP contribution in [0.25, 0.3) is 0 Å². The summed E-state index contributed by atoms with van der Waals surface area (Å²) in [5, 5.41) is 2.67. The van der Waals surface area contributed by atoms with Crippen LogP contribution in [-0.2, 0) is 14.6 Å². The second kappa shape index (κ2) is 6.37. The van der Waals surface area contributed by atoms with Gasteiger partial charge in [-0.15, -0.1) is 0 Å². The monoisotopic (exact) mass is 301 g/mol. The summed E-state index contributed by atoms with van der Waals surface area (Å²) in [6.07, 6.45) is 1.09. The van der Waals surface area contributed by atoms with Gasteiger partial charge in [0, 0.05) is 11.8 Å². The minimum absolute atomic E-state index is 0.132. The highest BCUT2D eigenvalue weighted by Crippen LogP contribution is 2.21. The number of benzene rings is 2. The number of hydrogen-bond donors (Lipinski definition) is 1. The van der Waals surface area contributed by atoms with Crippen molar-refractivity contribution in [2.24, 2.45) is 0 Å². The standard InChI is InChI=1S/C16H15NO3S/c1-13(18)12-16(17-14-8-4-2-5-9-14)21(19,20)15-10-6-3-7-11-15/h2-12,17H,1H3. The van der Waals surface area contributed by atoms with Crippen molar-refractivity contribution in [2.45, 2.75) is 11.8 Å². The molecule has 0 amide bonds. The molecule has 0 radical (unpaired) electrons. The predicted molar refractivity (Wildman–Crippen MR) is 82.5 cm³/mol. The molecule has 0 aliphatic heterocycles. The van der Waals surface area contributed by atoms with Crippen molar-refractivity contribution in [2.75, 3.05) is 5.32 Å². The number of carbonyl (C=O) groups excluding carboxylic acids is 1. The lowest BCUT2D eigenvalue weighted by Gasteiger charge is -2.11. The summed E-state index contributed by atoms with van der Waals surface area (Å²) < 4.78 is 25.2. The van der Waals surface area contributed by atoms with Gasteiger partial charge in [-0.05, 0) is 31.2 Å². The molecule has 4 nitrogen and oxygen atoms in total. The third kappa shape index (κ3) is 3.79. The highest BCUT2D eigenvalue weighted by molar-refractivity contribution is 7.95. The van der Waals surface area contributed by atoms with E-state index in [4.69, 9.17) is 0 Å². The minimum Gasteiger partial charge on any atom is -0.346 e. The maximum absolute atomic E-state index is 12.6. The first-order valence-corrected chi connectivity index (χ1v) is 7.83. The maximum atomic E-state index is 12.6. The number of allylic oxidation sites excluding steroid dienone is 1. The van der Waals surface area contributed by atoms with Crippen LogP contribution < -0.4 is 5.32 Å². The zero-order valence-electron chi connectivity index (χ0n) is 11.5. The molecule has 1 N–H and O–H groups in total. The van der Waals surface area contributed by atoms with E-state index in [1.54, 1.807) is 42.5 Å². The Bertz CT molecular complexity index is 751. The molecule has 2 aromatic carbocycles. The molecule has 5 heteroatoms. The third-order valence-electron chi connectivity index (χ3n) is 2.72. The summed E-state index contributed by atoms with van der Waals surface area (Å²) in [6, 6.07) is 16.9. The number of anilines is 1. The molecular weight excluding hydrogens is 286 g/mol. The predicted octanol–water partition coefficient (Wildman–Crippen LogP) is 3.00. The molecule has 0 unspecified atom stereocenters. The third-order valence-corrected chi connectivity index (χ3v) is 4.41. The summed E-state index contributed by atoms with van der Waals surface area (Å²) in [4.78, 5) is 11.5. The lowest BCUT2D eigenvalue weighted by molar-refractivity contribution is -0.112. The van der Waals surface area contributed by atoms with Crippen molar-refractivity contribution >= 4 is 21.3 Å². The molecule has 0 aliphatic carbocycles. The van der Waals surface area contributed by atoms with Crippen LogP contribution in [0, 0.1) is 0 Å². The fraction of sp³-hybridized carbons (Fsp3) is 0.0625. The molecule has 0 saturated carbocycles. The van der Waals surface area contributed by atoms with E-state index in [0.29, 0.717) is 5.69 Å². The molecule has 0 bridgehead atoms. The largest absolute Gasteiger partial charge is 0.346 e. The molecule has 0 aliphatic rings. The van der Waals surface area contributed by atoms with E-state index in [0.717, 1.165) is 6.08 Å². The smallest absolute Gasteiger partial charge is 0.221 e. The van der Waals surface area contributed by atoms with Gasteiger partial charge in [0.05, 0.1) is 4.90 Å². The first-order chi connectivity index (χ1) is 10.00. The molecule has 2 rings (SSSR count). The SMILES string of the molecule is CC(=O)C=C(Nc1ccccc1)S(=O)(=O)c1ccccc1. The van der Waals surface area contributed by atoms with Crippen molar-refractivity contribution in [3.63, 3.8) is 0 Å². The highest BCUT2D eigenvalue weighted by atomic mass is 32.2. The number of sulfone groups is 1. The number of para-hydroxylation sites is 1. The van der Waals surface area contributed by atoms with Crippen molar-refractivity contribution in [3.8, 4) is 0 Å². The van der Waals surface area contributed by atoms with E-state index in [1.807, 2.05) is 6.07 Å². The van der Waals surface area contributed by atoms with Crippen molar-refractivity contribution in [3.05, 3.63) is 71.8 Å². The van der Waals surface area contributed by atoms with Crippen LogP contribution >= 0.6 is 0 Å². The second-order valence-electron chi connectivity index (χ2n) is 4.43. The zero-order chi connectivity index (χ0) is 15.3. The molecule has 2 aromatic rings. The van der Waals surface area contributed by atoms with Crippen LogP contribution in [0.5, 0.6) is 0 Å². The number of rotatable bonds is 5. The van der Waals surface area contributed by atoms with Gasteiger partial charge in [-0.3, -0.25) is 4.79 Å². The van der Waals surface area contributed by atoms with Crippen LogP contribution in [0.2, 0.25) is 0 Å². The topological polar surface area (TPSA) is 63.2 Å². The summed E-state index contributed by atoms with van der Waals surface area (Å²) in [6.45, 7) is 1.31. The molecule has 0 fully saturated rings. The molecule has 0 spiro atoms. The Morgan fingerprint density at radius 1 is 0.952 bits per heavy atom. The lowest BCUT2D eigenvalue weighted by Crippen LogP contribution is -2.14. The van der Waals surface area contributed by atoms with E-state index in [2.05, 4.69) is 5.32 Å². The Morgan fingerprint density at radius 2 is 1.48 bits per heavy atom. The summed E-state index contributed by atoms with van der Waals surface area (Å²) in [5.41, 5.74) is 0.601. The number of ketones is 1. The molecule has 0 aromatic heterocycles. The van der Waals surface area contributed by atoms with E-state index in [1.165, 1.54) is 19.1 Å². The highest BCUT2D eigenvalue weighted by Gasteiger charge is 2.21. The summed E-state index contributed by atoms with van der Waals surface area (Å²) in [5.74, 6) is -0.340. The number of nitrogens with one attached hydrogen (secondary N) is 1. The van der Waals surface area contributed by atoms with Crippen molar-refractivity contribution in [1.29, 1.82) is 0 Å². The summed E-state index contributed by atoms with van der Waals surface area (Å²) >= 11 is 0. The van der Waals surface area contributed by atoms with Gasteiger partial charge in [-0.1, -0.05) is 36.4 Å². The van der Waals surface area contributed by atoms with Crippen LogP contribution in [0.4, 0.5) is 5.69 Å². The quantitative estimate of drug-likeness (QED) is 0.862. The average molecular weight is 301 g/mol. The first kappa shape index (κ1) is 15.0. The fourth-order valence-electron chi connectivity index (χ4n) is 1.76. The maximum Gasteiger partial charge on any atom is 0.221 e. The number of hydrogen-bond acceptors (Lipinski definition) is 4. The Hall–Kier alpha value is -2.40. The van der Waals surface area contributed by atoms with E-state index < -0.39 is 9.84 Å². The molecular formula is C16H15NO3S. The van der Waals surface area contributed by atoms with E-state index >= 15 is 0 Å². The molecule has 0 atom stereocenters. The van der Waals surface area contributed by atoms with Crippen LogP contribution in [0.1, 0.15) is 6.92 Å². The lowest BCUT2D eigenvalue weighted by atomic mass is 10.3. The zero-order valence-corrected chi connectivity index (χ0v) is 12.3. The second-order valence-corrected chi connectivity index (χ2v) is 6.34. The molecule has 0 heterocycles. The van der Waals surface area contributed by atoms with Crippen LogP contribution in [0.15, 0.2) is 76.7 Å². The van der Waals surface area contributed by atoms with Gasteiger partial charge in [-0.2, -0.15) is 0 Å². The number of carbonyl (C=O) groups is 1. The molecule has 0 saturated heterocycles. The Labute approximate surface area is 124 Å². The Kier molecular flexibility index (Phi) is 4.55. The van der Waals surface area contributed by atoms with E-state index in [9.17, 15) is 13.2 Å². The van der Waals surface area contributed by atoms with Gasteiger partial charge in [-0.25, -0.2) is 8.42 Å². The first-order valence-electron chi connectivity index (χ1n) is 6.34. The Morgan fingerprint density at radius 3 is 2.00 bits per heavy atom. The average Bonchev–Trinajstić information content (AvgIpc) is 2.48. The van der Waals surface area contributed by atoms with Crippen LogP contribution in [-0.4, -0.2) is 14.2 Å². The normalized spacial score (nSPS) is 12.0. The van der Waals surface area contributed by atoms with Gasteiger partial charge in [0.1, 0.15) is 5.03 Å². The van der Waals surface area contributed by atoms with Gasteiger partial charge >= 0.3 is 0 Å². The fourth-order valence-corrected chi connectivity index (χ4v) is 3.10. The molecule has 108 valence electrons. The minimum atomic E-state index is -3.77. The van der Waals surface area contributed by atoms with Crippen molar-refractivity contribution < 1.29 is 13.2 Å². The summed E-state index contributed by atoms with van der Waals surface area (Å²) in [7, 11) is -3.77. The van der Waals surface area contributed by atoms with Gasteiger partial charge in [0.2, 0.25) is 9.84 Å². The van der Waals surface area contributed by atoms with Crippen LogP contribution in [0.3, 0.4) is 0 Å². The van der Waals surface area contributed by atoms with Gasteiger partial charge < -0.3 is 5.32 Å².